The topological polar surface area (TPSA) is 51.5 Å². The number of ether oxygens (including phenoxy) is 1. The zero-order valence-electron chi connectivity index (χ0n) is 13.4. The summed E-state index contributed by atoms with van der Waals surface area (Å²) in [6, 6.07) is 13.8. The molecule has 4 rings (SSSR count). The molecule has 0 spiro atoms. The van der Waals surface area contributed by atoms with Crippen molar-refractivity contribution < 1.29 is 4.74 Å². The fraction of sp³-hybridized carbons (Fsp3) is 0.111. The van der Waals surface area contributed by atoms with Crippen LogP contribution in [0.1, 0.15) is 5.69 Å². The van der Waals surface area contributed by atoms with E-state index in [0.29, 0.717) is 0 Å². The van der Waals surface area contributed by atoms with E-state index in [9.17, 15) is 0 Å². The summed E-state index contributed by atoms with van der Waals surface area (Å²) in [6.07, 6.45) is 2.01. The Morgan fingerprint density at radius 2 is 1.92 bits per heavy atom. The average Bonchev–Trinajstić information content (AvgIpc) is 3.18. The number of para-hydroxylation sites is 2. The molecular weight excluding hydrogens is 320 g/mol. The molecule has 0 aliphatic heterocycles. The van der Waals surface area contributed by atoms with Crippen LogP contribution in [0.3, 0.4) is 0 Å². The molecule has 5 nitrogen and oxygen atoms in total. The second kappa shape index (κ2) is 5.98. The van der Waals surface area contributed by atoms with E-state index >= 15 is 0 Å². The lowest BCUT2D eigenvalue weighted by molar-refractivity contribution is 0.417. The molecule has 4 aromatic rings. The van der Waals surface area contributed by atoms with Crippen molar-refractivity contribution in [1.82, 2.24) is 14.4 Å². The predicted molar refractivity (Wildman–Crippen MR) is 97.3 cm³/mol. The number of fused-ring (bicyclic) bond motifs is 1. The molecule has 3 aromatic heterocycles. The zero-order chi connectivity index (χ0) is 16.5. The SMILES string of the molecule is COc1ccccc1Nc1nc(-c2c(C)nc3ccccn23)cs1. The van der Waals surface area contributed by atoms with Gasteiger partial charge in [-0.15, -0.1) is 11.3 Å². The largest absolute Gasteiger partial charge is 0.495 e. The fourth-order valence-corrected chi connectivity index (χ4v) is 3.43. The minimum Gasteiger partial charge on any atom is -0.495 e. The van der Waals surface area contributed by atoms with Crippen LogP contribution in [0.15, 0.2) is 54.0 Å². The lowest BCUT2D eigenvalue weighted by Gasteiger charge is -2.08. The highest BCUT2D eigenvalue weighted by Crippen LogP contribution is 2.32. The maximum Gasteiger partial charge on any atom is 0.187 e. The quantitative estimate of drug-likeness (QED) is 0.595. The van der Waals surface area contributed by atoms with Gasteiger partial charge in [-0.2, -0.15) is 0 Å². The molecule has 3 heterocycles. The molecule has 1 aromatic carbocycles. The van der Waals surface area contributed by atoms with Crippen LogP contribution >= 0.6 is 11.3 Å². The Morgan fingerprint density at radius 3 is 2.79 bits per heavy atom. The van der Waals surface area contributed by atoms with Gasteiger partial charge in [-0.3, -0.25) is 4.40 Å². The molecule has 24 heavy (non-hydrogen) atoms. The molecule has 0 fully saturated rings. The van der Waals surface area contributed by atoms with Crippen molar-refractivity contribution in [2.75, 3.05) is 12.4 Å². The number of pyridine rings is 1. The smallest absolute Gasteiger partial charge is 0.187 e. The van der Waals surface area contributed by atoms with Crippen LogP contribution in [0, 0.1) is 6.92 Å². The average molecular weight is 336 g/mol. The summed E-state index contributed by atoms with van der Waals surface area (Å²) in [5, 5.41) is 6.19. The molecule has 0 bridgehead atoms. The van der Waals surface area contributed by atoms with Crippen molar-refractivity contribution in [3.8, 4) is 17.1 Å². The number of thiazole rings is 1. The number of nitrogens with one attached hydrogen (secondary N) is 1. The Kier molecular flexibility index (Phi) is 3.66. The monoisotopic (exact) mass is 336 g/mol. The van der Waals surface area contributed by atoms with Gasteiger partial charge >= 0.3 is 0 Å². The number of aromatic nitrogens is 3. The van der Waals surface area contributed by atoms with Crippen LogP contribution in [-0.4, -0.2) is 21.5 Å². The molecule has 0 saturated carbocycles. The number of hydrogen-bond acceptors (Lipinski definition) is 5. The van der Waals surface area contributed by atoms with Gasteiger partial charge in [-0.25, -0.2) is 9.97 Å². The van der Waals surface area contributed by atoms with E-state index in [2.05, 4.69) is 14.7 Å². The van der Waals surface area contributed by atoms with Crippen molar-refractivity contribution >= 4 is 27.8 Å². The normalized spacial score (nSPS) is 10.9. The number of benzene rings is 1. The lowest BCUT2D eigenvalue weighted by Crippen LogP contribution is -1.94. The van der Waals surface area contributed by atoms with E-state index in [1.54, 1.807) is 18.4 Å². The molecule has 0 aliphatic carbocycles. The molecule has 120 valence electrons. The Morgan fingerprint density at radius 1 is 1.08 bits per heavy atom. The number of nitrogens with zero attached hydrogens (tertiary/aromatic N) is 3. The van der Waals surface area contributed by atoms with Crippen molar-refractivity contribution in [3.63, 3.8) is 0 Å². The molecule has 0 saturated heterocycles. The van der Waals surface area contributed by atoms with Gasteiger partial charge in [0.2, 0.25) is 0 Å². The molecular formula is C18H16N4OS. The Balaban J connectivity index is 1.71. The maximum atomic E-state index is 5.37. The predicted octanol–water partition coefficient (Wildman–Crippen LogP) is 4.52. The Hall–Kier alpha value is -2.86. The minimum absolute atomic E-state index is 0.792. The lowest BCUT2D eigenvalue weighted by atomic mass is 10.3. The van der Waals surface area contributed by atoms with Crippen molar-refractivity contribution in [2.24, 2.45) is 0 Å². The highest BCUT2D eigenvalue weighted by molar-refractivity contribution is 7.14. The highest BCUT2D eigenvalue weighted by Gasteiger charge is 2.14. The molecule has 0 aliphatic rings. The Labute approximate surface area is 143 Å². The third-order valence-corrected chi connectivity index (χ3v) is 4.56. The third kappa shape index (κ3) is 2.51. The first-order chi connectivity index (χ1) is 11.8. The first kappa shape index (κ1) is 14.7. The Bertz CT molecular complexity index is 1010. The highest BCUT2D eigenvalue weighted by atomic mass is 32.1. The summed E-state index contributed by atoms with van der Waals surface area (Å²) in [5.74, 6) is 0.792. The fourth-order valence-electron chi connectivity index (χ4n) is 2.73. The number of rotatable bonds is 4. The van der Waals surface area contributed by atoms with Gasteiger partial charge in [-0.05, 0) is 31.2 Å². The molecule has 0 amide bonds. The summed E-state index contributed by atoms with van der Waals surface area (Å²) >= 11 is 1.56. The van der Waals surface area contributed by atoms with Crippen LogP contribution < -0.4 is 10.1 Å². The summed E-state index contributed by atoms with van der Waals surface area (Å²) < 4.78 is 7.44. The number of aryl methyl sites for hydroxylation is 1. The molecule has 0 unspecified atom stereocenters. The number of imidazole rings is 1. The van der Waals surface area contributed by atoms with Gasteiger partial charge in [0.25, 0.3) is 0 Å². The number of methoxy groups -OCH3 is 1. The first-order valence-electron chi connectivity index (χ1n) is 7.56. The van der Waals surface area contributed by atoms with Gasteiger partial charge in [0.1, 0.15) is 17.1 Å². The summed E-state index contributed by atoms with van der Waals surface area (Å²) in [4.78, 5) is 9.32. The van der Waals surface area contributed by atoms with Crippen LogP contribution in [0.25, 0.3) is 17.0 Å². The van der Waals surface area contributed by atoms with E-state index in [1.807, 2.05) is 61.0 Å². The van der Waals surface area contributed by atoms with E-state index in [4.69, 9.17) is 9.72 Å². The second-order valence-corrected chi connectivity index (χ2v) is 6.20. The van der Waals surface area contributed by atoms with Crippen LogP contribution in [0.2, 0.25) is 0 Å². The van der Waals surface area contributed by atoms with Gasteiger partial charge in [0.05, 0.1) is 24.2 Å². The van der Waals surface area contributed by atoms with Gasteiger partial charge in [0, 0.05) is 11.6 Å². The molecule has 6 heteroatoms. The van der Waals surface area contributed by atoms with Gasteiger partial charge in [-0.1, -0.05) is 18.2 Å². The number of anilines is 2. The van der Waals surface area contributed by atoms with Crippen LogP contribution in [0.5, 0.6) is 5.75 Å². The van der Waals surface area contributed by atoms with Crippen LogP contribution in [0.4, 0.5) is 10.8 Å². The maximum absolute atomic E-state index is 5.37. The molecule has 0 radical (unpaired) electrons. The van der Waals surface area contributed by atoms with Crippen molar-refractivity contribution in [2.45, 2.75) is 6.92 Å². The van der Waals surface area contributed by atoms with Crippen molar-refractivity contribution in [3.05, 3.63) is 59.7 Å². The number of hydrogen-bond donors (Lipinski definition) is 1. The van der Waals surface area contributed by atoms with E-state index in [1.165, 1.54) is 0 Å². The summed E-state index contributed by atoms with van der Waals surface area (Å²) in [6.45, 7) is 2.01. The first-order valence-corrected chi connectivity index (χ1v) is 8.44. The summed E-state index contributed by atoms with van der Waals surface area (Å²) in [7, 11) is 1.66. The van der Waals surface area contributed by atoms with Crippen molar-refractivity contribution in [1.29, 1.82) is 0 Å². The second-order valence-electron chi connectivity index (χ2n) is 5.34. The minimum atomic E-state index is 0.792. The van der Waals surface area contributed by atoms with E-state index < -0.39 is 0 Å². The zero-order valence-corrected chi connectivity index (χ0v) is 14.2. The van der Waals surface area contributed by atoms with Crippen LogP contribution in [-0.2, 0) is 0 Å². The molecule has 0 atom stereocenters. The van der Waals surface area contributed by atoms with Gasteiger partial charge < -0.3 is 10.1 Å². The standard InChI is InChI=1S/C18H16N4OS/c1-12-17(22-10-6-5-9-16(22)19-12)14-11-24-18(21-14)20-13-7-3-4-8-15(13)23-2/h3-11H,1-2H3,(H,20,21). The van der Waals surface area contributed by atoms with E-state index in [0.717, 1.165) is 39.3 Å². The summed E-state index contributed by atoms with van der Waals surface area (Å²) in [5.41, 5.74) is 4.73. The third-order valence-electron chi connectivity index (χ3n) is 3.80. The molecule has 1 N–H and O–H groups in total. The van der Waals surface area contributed by atoms with E-state index in [-0.39, 0.29) is 0 Å². The van der Waals surface area contributed by atoms with Gasteiger partial charge in [0.15, 0.2) is 5.13 Å².